The minimum Gasteiger partial charge on any atom is -0.298 e. The monoisotopic (exact) mass is 499 g/mol. The molecular formula is C26H33N3O3S2. The molecule has 1 aromatic heterocycles. The van der Waals surface area contributed by atoms with Crippen molar-refractivity contribution in [2.24, 2.45) is 0 Å². The number of hydrogen-bond donors (Lipinski definition) is 1. The van der Waals surface area contributed by atoms with Crippen LogP contribution in [0.1, 0.15) is 61.0 Å². The molecule has 0 fully saturated rings. The summed E-state index contributed by atoms with van der Waals surface area (Å²) in [4.78, 5) is 17.5. The number of rotatable bonds is 11. The van der Waals surface area contributed by atoms with Crippen LogP contribution in [0.5, 0.6) is 0 Å². The number of amides is 1. The summed E-state index contributed by atoms with van der Waals surface area (Å²) in [5, 5.41) is 5.25. The molecule has 0 aliphatic heterocycles. The van der Waals surface area contributed by atoms with E-state index in [0.29, 0.717) is 23.8 Å². The molecule has 0 bridgehead atoms. The van der Waals surface area contributed by atoms with Gasteiger partial charge in [-0.2, -0.15) is 4.31 Å². The van der Waals surface area contributed by atoms with Crippen molar-refractivity contribution < 1.29 is 13.2 Å². The zero-order valence-electron chi connectivity index (χ0n) is 20.3. The van der Waals surface area contributed by atoms with Gasteiger partial charge in [0.15, 0.2) is 5.13 Å². The van der Waals surface area contributed by atoms with Crippen LogP contribution in [0.2, 0.25) is 0 Å². The van der Waals surface area contributed by atoms with E-state index in [1.54, 1.807) is 16.4 Å². The van der Waals surface area contributed by atoms with Crippen LogP contribution in [0.25, 0.3) is 11.3 Å². The standard InChI is InChI=1S/C26H33N3O3S2/c1-5-7-15-29(16-8-6-2)34(31,32)22-12-10-21(11-13-22)25(30)28-26-27-24(18-33-26)23-14-9-19(3)17-20(23)4/h9-14,17-18H,5-8,15-16H2,1-4H3,(H,27,28,30). The Labute approximate surface area is 207 Å². The van der Waals surface area contributed by atoms with Gasteiger partial charge in [-0.05, 0) is 56.5 Å². The zero-order chi connectivity index (χ0) is 24.7. The van der Waals surface area contributed by atoms with Gasteiger partial charge in [0.1, 0.15) is 0 Å². The van der Waals surface area contributed by atoms with E-state index >= 15 is 0 Å². The van der Waals surface area contributed by atoms with Crippen LogP contribution in [0.3, 0.4) is 0 Å². The van der Waals surface area contributed by atoms with E-state index in [-0.39, 0.29) is 10.8 Å². The third kappa shape index (κ3) is 6.31. The lowest BCUT2D eigenvalue weighted by Crippen LogP contribution is -2.33. The van der Waals surface area contributed by atoms with Gasteiger partial charge in [0.05, 0.1) is 10.6 Å². The molecule has 1 N–H and O–H groups in total. The summed E-state index contributed by atoms with van der Waals surface area (Å²) in [6, 6.07) is 12.3. The number of thiazole rings is 1. The van der Waals surface area contributed by atoms with E-state index in [9.17, 15) is 13.2 Å². The maximum atomic E-state index is 13.1. The van der Waals surface area contributed by atoms with Gasteiger partial charge in [-0.15, -0.1) is 11.3 Å². The SMILES string of the molecule is CCCCN(CCCC)S(=O)(=O)c1ccc(C(=O)Nc2nc(-c3ccc(C)cc3C)cs2)cc1. The first-order chi connectivity index (χ1) is 16.3. The first kappa shape index (κ1) is 26.1. The Morgan fingerprint density at radius 3 is 2.24 bits per heavy atom. The lowest BCUT2D eigenvalue weighted by molar-refractivity contribution is 0.102. The van der Waals surface area contributed by atoms with Crippen LogP contribution in [-0.4, -0.2) is 36.7 Å². The highest BCUT2D eigenvalue weighted by atomic mass is 32.2. The van der Waals surface area contributed by atoms with E-state index < -0.39 is 10.0 Å². The Balaban J connectivity index is 1.72. The molecule has 3 aromatic rings. The van der Waals surface area contributed by atoms with Gasteiger partial charge in [-0.1, -0.05) is 50.5 Å². The minimum atomic E-state index is -3.59. The third-order valence-electron chi connectivity index (χ3n) is 5.66. The average Bonchev–Trinajstić information content (AvgIpc) is 3.27. The molecule has 0 unspecified atom stereocenters. The summed E-state index contributed by atoms with van der Waals surface area (Å²) in [7, 11) is -3.59. The lowest BCUT2D eigenvalue weighted by atomic mass is 10.0. The number of anilines is 1. The number of sulfonamides is 1. The largest absolute Gasteiger partial charge is 0.298 e. The fourth-order valence-corrected chi connectivity index (χ4v) is 5.90. The maximum Gasteiger partial charge on any atom is 0.257 e. The highest BCUT2D eigenvalue weighted by Crippen LogP contribution is 2.28. The highest BCUT2D eigenvalue weighted by molar-refractivity contribution is 7.89. The van der Waals surface area contributed by atoms with Gasteiger partial charge in [-0.25, -0.2) is 13.4 Å². The molecule has 6 nitrogen and oxygen atoms in total. The molecular weight excluding hydrogens is 466 g/mol. The molecule has 1 amide bonds. The number of nitrogens with one attached hydrogen (secondary N) is 1. The van der Waals surface area contributed by atoms with Crippen LogP contribution >= 0.6 is 11.3 Å². The molecule has 0 saturated heterocycles. The molecule has 0 spiro atoms. The number of benzene rings is 2. The van der Waals surface area contributed by atoms with E-state index in [1.165, 1.54) is 29.0 Å². The van der Waals surface area contributed by atoms with Gasteiger partial charge >= 0.3 is 0 Å². The first-order valence-corrected chi connectivity index (χ1v) is 14.0. The van der Waals surface area contributed by atoms with Crippen molar-refractivity contribution in [1.29, 1.82) is 0 Å². The topological polar surface area (TPSA) is 79.4 Å². The fraction of sp³-hybridized carbons (Fsp3) is 0.385. The van der Waals surface area contributed by atoms with Crippen LogP contribution in [0.15, 0.2) is 52.7 Å². The number of carbonyl (C=O) groups is 1. The number of aromatic nitrogens is 1. The average molecular weight is 500 g/mol. The van der Waals surface area contributed by atoms with Crippen molar-refractivity contribution in [3.05, 3.63) is 64.5 Å². The summed E-state index contributed by atoms with van der Waals surface area (Å²) in [5.41, 5.74) is 4.56. The molecule has 8 heteroatoms. The number of hydrogen-bond acceptors (Lipinski definition) is 5. The van der Waals surface area contributed by atoms with Gasteiger partial charge in [0.2, 0.25) is 10.0 Å². The van der Waals surface area contributed by atoms with Gasteiger partial charge in [-0.3, -0.25) is 10.1 Å². The Morgan fingerprint density at radius 2 is 1.65 bits per heavy atom. The predicted molar refractivity (Wildman–Crippen MR) is 140 cm³/mol. The van der Waals surface area contributed by atoms with Crippen LogP contribution in [0.4, 0.5) is 5.13 Å². The Hall–Kier alpha value is -2.55. The maximum absolute atomic E-state index is 13.1. The third-order valence-corrected chi connectivity index (χ3v) is 8.33. The summed E-state index contributed by atoms with van der Waals surface area (Å²) >= 11 is 1.36. The number of nitrogens with zero attached hydrogens (tertiary/aromatic N) is 2. The van der Waals surface area contributed by atoms with Crippen molar-refractivity contribution in [3.63, 3.8) is 0 Å². The van der Waals surface area contributed by atoms with Crippen molar-refractivity contribution in [2.45, 2.75) is 58.3 Å². The summed E-state index contributed by atoms with van der Waals surface area (Å²) in [6.07, 6.45) is 3.50. The van der Waals surface area contributed by atoms with E-state index in [4.69, 9.17) is 0 Å². The van der Waals surface area contributed by atoms with Crippen molar-refractivity contribution in [1.82, 2.24) is 9.29 Å². The smallest absolute Gasteiger partial charge is 0.257 e. The lowest BCUT2D eigenvalue weighted by Gasteiger charge is -2.22. The van der Waals surface area contributed by atoms with Gasteiger partial charge in [0, 0.05) is 29.6 Å². The van der Waals surface area contributed by atoms with Crippen LogP contribution in [0, 0.1) is 13.8 Å². The van der Waals surface area contributed by atoms with Crippen LogP contribution < -0.4 is 5.32 Å². The molecule has 0 aliphatic carbocycles. The zero-order valence-corrected chi connectivity index (χ0v) is 21.9. The summed E-state index contributed by atoms with van der Waals surface area (Å²) in [5.74, 6) is -0.320. The first-order valence-electron chi connectivity index (χ1n) is 11.7. The second-order valence-electron chi connectivity index (χ2n) is 8.45. The second kappa shape index (κ2) is 11.7. The second-order valence-corrected chi connectivity index (χ2v) is 11.2. The molecule has 0 radical (unpaired) electrons. The van der Waals surface area contributed by atoms with Crippen LogP contribution in [-0.2, 0) is 10.0 Å². The summed E-state index contributed by atoms with van der Waals surface area (Å²) in [6.45, 7) is 9.20. The molecule has 182 valence electrons. The van der Waals surface area contributed by atoms with Crippen molar-refractivity contribution in [3.8, 4) is 11.3 Å². The Morgan fingerprint density at radius 1 is 1.00 bits per heavy atom. The van der Waals surface area contributed by atoms with E-state index in [1.807, 2.05) is 45.2 Å². The fourth-order valence-electron chi connectivity index (χ4n) is 3.67. The highest BCUT2D eigenvalue weighted by Gasteiger charge is 2.24. The van der Waals surface area contributed by atoms with Crippen molar-refractivity contribution >= 4 is 32.4 Å². The Kier molecular flexibility index (Phi) is 8.99. The van der Waals surface area contributed by atoms with Gasteiger partial charge in [0.25, 0.3) is 5.91 Å². The number of carbonyl (C=O) groups excluding carboxylic acids is 1. The quantitative estimate of drug-likeness (QED) is 0.337. The molecule has 34 heavy (non-hydrogen) atoms. The summed E-state index contributed by atoms with van der Waals surface area (Å²) < 4.78 is 27.8. The predicted octanol–water partition coefficient (Wildman–Crippen LogP) is 6.27. The molecule has 3 rings (SSSR count). The normalized spacial score (nSPS) is 11.7. The molecule has 0 aliphatic rings. The molecule has 0 saturated carbocycles. The van der Waals surface area contributed by atoms with Gasteiger partial charge < -0.3 is 0 Å². The number of aryl methyl sites for hydroxylation is 2. The van der Waals surface area contributed by atoms with E-state index in [0.717, 1.165) is 42.5 Å². The Bertz CT molecular complexity index is 1210. The molecule has 0 atom stereocenters. The molecule has 1 heterocycles. The van der Waals surface area contributed by atoms with E-state index in [2.05, 4.69) is 16.4 Å². The number of unbranched alkanes of at least 4 members (excludes halogenated alkanes) is 2. The minimum absolute atomic E-state index is 0.211. The molecule has 2 aromatic carbocycles. The van der Waals surface area contributed by atoms with Crippen molar-refractivity contribution in [2.75, 3.05) is 18.4 Å².